The first-order valence-electron chi connectivity index (χ1n) is 5.30. The summed E-state index contributed by atoms with van der Waals surface area (Å²) in [4.78, 5) is 11.2. The van der Waals surface area contributed by atoms with Gasteiger partial charge in [-0.15, -0.1) is 6.58 Å². The Hall–Kier alpha value is -1.77. The summed E-state index contributed by atoms with van der Waals surface area (Å²) in [7, 11) is 0. The van der Waals surface area contributed by atoms with E-state index in [1.165, 1.54) is 0 Å². The Bertz CT molecular complexity index is 361. The Labute approximate surface area is 96.1 Å². The van der Waals surface area contributed by atoms with Gasteiger partial charge in [-0.1, -0.05) is 24.3 Å². The maximum Gasteiger partial charge on any atom is 0.223 e. The Morgan fingerprint density at radius 2 is 2.25 bits per heavy atom. The van der Waals surface area contributed by atoms with Crippen LogP contribution in [0.4, 0.5) is 0 Å². The summed E-state index contributed by atoms with van der Waals surface area (Å²) in [5, 5.41) is 2.70. The number of rotatable bonds is 6. The molecule has 0 saturated carbocycles. The van der Waals surface area contributed by atoms with Gasteiger partial charge in [-0.2, -0.15) is 0 Å². The highest BCUT2D eigenvalue weighted by atomic mass is 16.5. The Morgan fingerprint density at radius 3 is 2.94 bits per heavy atom. The Morgan fingerprint density at radius 1 is 1.50 bits per heavy atom. The maximum absolute atomic E-state index is 11.2. The van der Waals surface area contributed by atoms with Crippen LogP contribution in [-0.2, 0) is 4.79 Å². The lowest BCUT2D eigenvalue weighted by atomic mass is 10.2. The molecule has 0 fully saturated rings. The summed E-state index contributed by atoms with van der Waals surface area (Å²) in [6, 6.07) is 7.75. The van der Waals surface area contributed by atoms with Crippen LogP contribution in [-0.4, -0.2) is 19.1 Å². The third kappa shape index (κ3) is 4.17. The van der Waals surface area contributed by atoms with Crippen LogP contribution in [0, 0.1) is 6.92 Å². The van der Waals surface area contributed by atoms with Crippen LogP contribution in [0.25, 0.3) is 0 Å². The minimum atomic E-state index is -0.0199. The lowest BCUT2D eigenvalue weighted by molar-refractivity contribution is -0.121. The van der Waals surface area contributed by atoms with Gasteiger partial charge in [0.05, 0.1) is 13.0 Å². The van der Waals surface area contributed by atoms with E-state index in [0.29, 0.717) is 19.6 Å². The normalized spacial score (nSPS) is 9.56. The van der Waals surface area contributed by atoms with Crippen molar-refractivity contribution in [2.45, 2.75) is 13.3 Å². The summed E-state index contributed by atoms with van der Waals surface area (Å²) in [5.41, 5.74) is 1.08. The molecule has 0 aliphatic heterocycles. The maximum atomic E-state index is 11.2. The van der Waals surface area contributed by atoms with E-state index in [2.05, 4.69) is 11.9 Å². The van der Waals surface area contributed by atoms with E-state index in [-0.39, 0.29) is 5.91 Å². The van der Waals surface area contributed by atoms with E-state index < -0.39 is 0 Å². The molecule has 1 rings (SSSR count). The highest BCUT2D eigenvalue weighted by Gasteiger charge is 2.01. The monoisotopic (exact) mass is 219 g/mol. The minimum Gasteiger partial charge on any atom is -0.493 e. The number of hydrogen-bond acceptors (Lipinski definition) is 2. The Balaban J connectivity index is 2.28. The molecular formula is C13H17NO2. The fraction of sp³-hybridized carbons (Fsp3) is 0.308. The van der Waals surface area contributed by atoms with Gasteiger partial charge in [0.2, 0.25) is 5.91 Å². The van der Waals surface area contributed by atoms with E-state index in [9.17, 15) is 4.79 Å². The van der Waals surface area contributed by atoms with Gasteiger partial charge in [-0.3, -0.25) is 4.79 Å². The zero-order chi connectivity index (χ0) is 11.8. The second-order valence-corrected chi connectivity index (χ2v) is 3.46. The molecule has 0 radical (unpaired) electrons. The number of carbonyl (C=O) groups is 1. The molecule has 16 heavy (non-hydrogen) atoms. The first-order chi connectivity index (χ1) is 7.74. The second-order valence-electron chi connectivity index (χ2n) is 3.46. The van der Waals surface area contributed by atoms with Crippen molar-refractivity contribution in [1.82, 2.24) is 5.32 Å². The van der Waals surface area contributed by atoms with Crippen molar-refractivity contribution in [2.24, 2.45) is 0 Å². The molecule has 0 saturated heterocycles. The number of benzene rings is 1. The molecule has 0 spiro atoms. The summed E-state index contributed by atoms with van der Waals surface area (Å²) in [6.07, 6.45) is 2.02. The molecule has 3 nitrogen and oxygen atoms in total. The van der Waals surface area contributed by atoms with Crippen LogP contribution in [0.2, 0.25) is 0 Å². The fourth-order valence-corrected chi connectivity index (χ4v) is 1.25. The molecule has 0 heterocycles. The molecule has 0 bridgehead atoms. The summed E-state index contributed by atoms with van der Waals surface area (Å²) in [6.45, 7) is 6.41. The molecule has 0 atom stereocenters. The molecule has 3 heteroatoms. The first kappa shape index (κ1) is 12.3. The van der Waals surface area contributed by atoms with Crippen molar-refractivity contribution in [3.05, 3.63) is 42.5 Å². The van der Waals surface area contributed by atoms with E-state index in [0.717, 1.165) is 11.3 Å². The molecule has 1 aromatic rings. The van der Waals surface area contributed by atoms with Gasteiger partial charge in [0.15, 0.2) is 0 Å². The number of hydrogen-bond donors (Lipinski definition) is 1. The molecule has 1 aromatic carbocycles. The number of ether oxygens (including phenoxy) is 1. The van der Waals surface area contributed by atoms with Crippen molar-refractivity contribution in [1.29, 1.82) is 0 Å². The number of nitrogens with one attached hydrogen (secondary N) is 1. The van der Waals surface area contributed by atoms with Gasteiger partial charge in [-0.05, 0) is 18.6 Å². The smallest absolute Gasteiger partial charge is 0.223 e. The van der Waals surface area contributed by atoms with E-state index >= 15 is 0 Å². The van der Waals surface area contributed by atoms with Crippen LogP contribution in [0.15, 0.2) is 36.9 Å². The predicted molar refractivity (Wildman–Crippen MR) is 64.5 cm³/mol. The number of carbonyl (C=O) groups excluding carboxylic acids is 1. The first-order valence-corrected chi connectivity index (χ1v) is 5.30. The number of aryl methyl sites for hydroxylation is 1. The van der Waals surface area contributed by atoms with Gasteiger partial charge in [0.25, 0.3) is 0 Å². The molecule has 1 amide bonds. The molecule has 0 aliphatic rings. The van der Waals surface area contributed by atoms with Crippen LogP contribution in [0.5, 0.6) is 5.75 Å². The van der Waals surface area contributed by atoms with Gasteiger partial charge in [0.1, 0.15) is 5.75 Å². The zero-order valence-corrected chi connectivity index (χ0v) is 9.53. The molecule has 0 unspecified atom stereocenters. The number of amides is 1. The molecule has 1 N–H and O–H groups in total. The standard InChI is InChI=1S/C13H17NO2/c1-3-9-14-13(15)8-10-16-12-7-5-4-6-11(12)2/h3-7H,1,8-10H2,2H3,(H,14,15). The third-order valence-electron chi connectivity index (χ3n) is 2.12. The zero-order valence-electron chi connectivity index (χ0n) is 9.53. The quantitative estimate of drug-likeness (QED) is 0.744. The average Bonchev–Trinajstić information content (AvgIpc) is 2.29. The average molecular weight is 219 g/mol. The van der Waals surface area contributed by atoms with Crippen molar-refractivity contribution >= 4 is 5.91 Å². The predicted octanol–water partition coefficient (Wildman–Crippen LogP) is 2.07. The summed E-state index contributed by atoms with van der Waals surface area (Å²) >= 11 is 0. The lowest BCUT2D eigenvalue weighted by Crippen LogP contribution is -2.24. The van der Waals surface area contributed by atoms with Gasteiger partial charge in [-0.25, -0.2) is 0 Å². The van der Waals surface area contributed by atoms with E-state index in [1.807, 2.05) is 31.2 Å². The van der Waals surface area contributed by atoms with Crippen LogP contribution < -0.4 is 10.1 Å². The minimum absolute atomic E-state index is 0.0199. The van der Waals surface area contributed by atoms with Crippen molar-refractivity contribution in [3.8, 4) is 5.75 Å². The largest absolute Gasteiger partial charge is 0.493 e. The van der Waals surface area contributed by atoms with Gasteiger partial charge < -0.3 is 10.1 Å². The van der Waals surface area contributed by atoms with Crippen molar-refractivity contribution in [2.75, 3.05) is 13.2 Å². The van der Waals surface area contributed by atoms with E-state index in [4.69, 9.17) is 4.74 Å². The second kappa shape index (κ2) is 6.67. The third-order valence-corrected chi connectivity index (χ3v) is 2.12. The fourth-order valence-electron chi connectivity index (χ4n) is 1.25. The molecule has 86 valence electrons. The summed E-state index contributed by atoms with van der Waals surface area (Å²) < 4.78 is 5.50. The topological polar surface area (TPSA) is 38.3 Å². The van der Waals surface area contributed by atoms with Crippen LogP contribution in [0.1, 0.15) is 12.0 Å². The SMILES string of the molecule is C=CCNC(=O)CCOc1ccccc1C. The lowest BCUT2D eigenvalue weighted by Gasteiger charge is -2.08. The highest BCUT2D eigenvalue weighted by Crippen LogP contribution is 2.15. The summed E-state index contributed by atoms with van der Waals surface area (Å²) in [5.74, 6) is 0.813. The molecule has 0 aliphatic carbocycles. The molecular weight excluding hydrogens is 202 g/mol. The Kier molecular flexibility index (Phi) is 5.12. The number of para-hydroxylation sites is 1. The van der Waals surface area contributed by atoms with E-state index in [1.54, 1.807) is 6.08 Å². The van der Waals surface area contributed by atoms with Crippen molar-refractivity contribution < 1.29 is 9.53 Å². The van der Waals surface area contributed by atoms with Crippen LogP contribution in [0.3, 0.4) is 0 Å². The van der Waals surface area contributed by atoms with Gasteiger partial charge in [0, 0.05) is 6.54 Å². The molecule has 0 aromatic heterocycles. The highest BCUT2D eigenvalue weighted by molar-refractivity contribution is 5.76. The van der Waals surface area contributed by atoms with Crippen LogP contribution >= 0.6 is 0 Å². The van der Waals surface area contributed by atoms with Gasteiger partial charge >= 0.3 is 0 Å². The van der Waals surface area contributed by atoms with Crippen molar-refractivity contribution in [3.63, 3.8) is 0 Å².